The van der Waals surface area contributed by atoms with E-state index in [1.807, 2.05) is 40.8 Å². The number of nitrogens with zero attached hydrogens (tertiary/aromatic N) is 6. The third kappa shape index (κ3) is 5.69. The number of hydrogen-bond donors (Lipinski definition) is 0. The third-order valence-electron chi connectivity index (χ3n) is 6.91. The summed E-state index contributed by atoms with van der Waals surface area (Å²) in [6.45, 7) is 6.29. The standard InChI is InChI=1S/C28H38N6O4/c1-6-7-8-16-38-24-17-22(18-30-26(24)37-5)34-14-9-13-32(28(34)36)19-21-10-12-29-25-23(21)11-15-33(25)20(2)27(35)31(3)4/h10-12,15,17-18,20H,6-9,13-14,16,19H2,1-5H3. The number of carbonyl (C=O) groups is 2. The molecule has 204 valence electrons. The molecule has 0 aromatic carbocycles. The van der Waals surface area contributed by atoms with Crippen molar-refractivity contribution in [3.63, 3.8) is 0 Å². The van der Waals surface area contributed by atoms with E-state index in [4.69, 9.17) is 9.47 Å². The Morgan fingerprint density at radius 3 is 2.74 bits per heavy atom. The number of carbonyl (C=O) groups excluding carboxylic acids is 2. The maximum Gasteiger partial charge on any atom is 0.324 e. The van der Waals surface area contributed by atoms with Gasteiger partial charge in [0.2, 0.25) is 5.91 Å². The maximum absolute atomic E-state index is 13.6. The Hall–Kier alpha value is -3.82. The number of aromatic nitrogens is 3. The first kappa shape index (κ1) is 27.2. The first-order chi connectivity index (χ1) is 18.3. The van der Waals surface area contributed by atoms with Crippen LogP contribution in [0.3, 0.4) is 0 Å². The topological polar surface area (TPSA) is 93.0 Å². The molecular formula is C28H38N6O4. The first-order valence-corrected chi connectivity index (χ1v) is 13.2. The number of hydrogen-bond acceptors (Lipinski definition) is 6. The predicted molar refractivity (Wildman–Crippen MR) is 147 cm³/mol. The molecule has 0 bridgehead atoms. The Balaban J connectivity index is 1.53. The molecule has 10 nitrogen and oxygen atoms in total. The van der Waals surface area contributed by atoms with Crippen LogP contribution in [0.1, 0.15) is 51.1 Å². The summed E-state index contributed by atoms with van der Waals surface area (Å²) in [5.74, 6) is 0.959. The highest BCUT2D eigenvalue weighted by Gasteiger charge is 2.29. The maximum atomic E-state index is 13.6. The van der Waals surface area contributed by atoms with Gasteiger partial charge in [-0.25, -0.2) is 14.8 Å². The second-order valence-corrected chi connectivity index (χ2v) is 9.80. The Labute approximate surface area is 224 Å². The van der Waals surface area contributed by atoms with Crippen LogP contribution in [-0.4, -0.2) is 77.2 Å². The number of methoxy groups -OCH3 is 1. The van der Waals surface area contributed by atoms with E-state index in [0.717, 1.165) is 42.3 Å². The fourth-order valence-electron chi connectivity index (χ4n) is 4.79. The van der Waals surface area contributed by atoms with Crippen LogP contribution in [0.2, 0.25) is 0 Å². The van der Waals surface area contributed by atoms with Crippen molar-refractivity contribution in [3.05, 3.63) is 42.4 Å². The van der Waals surface area contributed by atoms with Gasteiger partial charge in [0.25, 0.3) is 5.88 Å². The van der Waals surface area contributed by atoms with E-state index >= 15 is 0 Å². The van der Waals surface area contributed by atoms with Gasteiger partial charge in [-0.1, -0.05) is 19.8 Å². The Morgan fingerprint density at radius 1 is 1.18 bits per heavy atom. The van der Waals surface area contributed by atoms with Gasteiger partial charge >= 0.3 is 6.03 Å². The lowest BCUT2D eigenvalue weighted by atomic mass is 10.1. The first-order valence-electron chi connectivity index (χ1n) is 13.2. The number of ether oxygens (including phenoxy) is 2. The smallest absolute Gasteiger partial charge is 0.324 e. The molecule has 0 N–H and O–H groups in total. The number of urea groups is 1. The van der Waals surface area contributed by atoms with E-state index in [-0.39, 0.29) is 18.0 Å². The SMILES string of the molecule is CCCCCOc1cc(N2CCCN(Cc3ccnc4c3ccn4C(C)C(=O)N(C)C)C2=O)cnc1OC. The molecule has 0 aliphatic carbocycles. The van der Waals surface area contributed by atoms with Crippen LogP contribution >= 0.6 is 0 Å². The van der Waals surface area contributed by atoms with Crippen LogP contribution in [0.15, 0.2) is 36.8 Å². The van der Waals surface area contributed by atoms with Gasteiger partial charge in [-0.2, -0.15) is 0 Å². The fourth-order valence-corrected chi connectivity index (χ4v) is 4.79. The van der Waals surface area contributed by atoms with Crippen LogP contribution in [0.5, 0.6) is 11.6 Å². The lowest BCUT2D eigenvalue weighted by Gasteiger charge is -2.35. The summed E-state index contributed by atoms with van der Waals surface area (Å²) in [6.07, 6.45) is 9.27. The Bertz CT molecular complexity index is 1270. The lowest BCUT2D eigenvalue weighted by molar-refractivity contribution is -0.131. The number of unbranched alkanes of at least 4 members (excludes halogenated alkanes) is 2. The minimum Gasteiger partial charge on any atom is -0.488 e. The van der Waals surface area contributed by atoms with Crippen molar-refractivity contribution < 1.29 is 19.1 Å². The summed E-state index contributed by atoms with van der Waals surface area (Å²) >= 11 is 0. The van der Waals surface area contributed by atoms with Crippen molar-refractivity contribution in [2.24, 2.45) is 0 Å². The van der Waals surface area contributed by atoms with Gasteiger partial charge in [0.15, 0.2) is 5.75 Å². The molecule has 10 heteroatoms. The van der Waals surface area contributed by atoms with Gasteiger partial charge < -0.3 is 23.8 Å². The second kappa shape index (κ2) is 12.1. The summed E-state index contributed by atoms with van der Waals surface area (Å²) < 4.78 is 13.2. The number of pyridine rings is 2. The number of rotatable bonds is 11. The van der Waals surface area contributed by atoms with Crippen LogP contribution in [0.25, 0.3) is 11.0 Å². The molecule has 1 unspecified atom stereocenters. The average Bonchev–Trinajstić information content (AvgIpc) is 3.36. The summed E-state index contributed by atoms with van der Waals surface area (Å²) in [7, 11) is 5.06. The van der Waals surface area contributed by atoms with Crippen LogP contribution in [0.4, 0.5) is 10.5 Å². The molecule has 1 fully saturated rings. The predicted octanol–water partition coefficient (Wildman–Crippen LogP) is 4.49. The molecule has 3 amide bonds. The largest absolute Gasteiger partial charge is 0.488 e. The van der Waals surface area contributed by atoms with Crippen LogP contribution in [0, 0.1) is 0 Å². The zero-order valence-corrected chi connectivity index (χ0v) is 23.0. The van der Waals surface area contributed by atoms with Crippen LogP contribution < -0.4 is 14.4 Å². The molecule has 1 aliphatic heterocycles. The van der Waals surface area contributed by atoms with Crippen molar-refractivity contribution >= 4 is 28.7 Å². The van der Waals surface area contributed by atoms with Gasteiger partial charge in [0, 0.05) is 57.6 Å². The zero-order valence-electron chi connectivity index (χ0n) is 23.0. The highest BCUT2D eigenvalue weighted by atomic mass is 16.5. The van der Waals surface area contributed by atoms with E-state index in [0.29, 0.717) is 43.6 Å². The molecule has 1 aliphatic rings. The van der Waals surface area contributed by atoms with Gasteiger partial charge in [-0.15, -0.1) is 0 Å². The number of anilines is 1. The molecule has 38 heavy (non-hydrogen) atoms. The number of amides is 3. The van der Waals surface area contributed by atoms with Gasteiger partial charge in [-0.05, 0) is 37.5 Å². The van der Waals surface area contributed by atoms with Gasteiger partial charge in [0.05, 0.1) is 25.6 Å². The third-order valence-corrected chi connectivity index (χ3v) is 6.91. The summed E-state index contributed by atoms with van der Waals surface area (Å²) in [6, 6.07) is 5.29. The molecule has 1 saturated heterocycles. The van der Waals surface area contributed by atoms with Crippen molar-refractivity contribution in [3.8, 4) is 11.6 Å². The van der Waals surface area contributed by atoms with E-state index in [2.05, 4.69) is 16.9 Å². The summed E-state index contributed by atoms with van der Waals surface area (Å²) in [4.78, 5) is 40.3. The van der Waals surface area contributed by atoms with E-state index in [9.17, 15) is 9.59 Å². The minimum atomic E-state index is -0.377. The molecular weight excluding hydrogens is 484 g/mol. The molecule has 3 aromatic rings. The molecule has 4 rings (SSSR count). The van der Waals surface area contributed by atoms with Crippen molar-refractivity contribution in [1.29, 1.82) is 0 Å². The van der Waals surface area contributed by atoms with Crippen molar-refractivity contribution in [2.75, 3.05) is 45.8 Å². The molecule has 4 heterocycles. The highest BCUT2D eigenvalue weighted by molar-refractivity contribution is 5.93. The quantitative estimate of drug-likeness (QED) is 0.345. The van der Waals surface area contributed by atoms with E-state index in [1.54, 1.807) is 43.4 Å². The molecule has 0 radical (unpaired) electrons. The number of fused-ring (bicyclic) bond motifs is 1. The second-order valence-electron chi connectivity index (χ2n) is 9.80. The van der Waals surface area contributed by atoms with E-state index < -0.39 is 0 Å². The lowest BCUT2D eigenvalue weighted by Crippen LogP contribution is -2.49. The Kier molecular flexibility index (Phi) is 8.70. The van der Waals surface area contributed by atoms with E-state index in [1.165, 1.54) is 0 Å². The molecule has 1 atom stereocenters. The van der Waals surface area contributed by atoms with Crippen molar-refractivity contribution in [2.45, 2.75) is 52.1 Å². The molecule has 3 aromatic heterocycles. The minimum absolute atomic E-state index is 0.00151. The fraction of sp³-hybridized carbons (Fsp3) is 0.500. The molecule has 0 spiro atoms. The normalized spacial score (nSPS) is 14.6. The Morgan fingerprint density at radius 2 is 2.00 bits per heavy atom. The summed E-state index contributed by atoms with van der Waals surface area (Å²) in [5, 5.41) is 0.935. The molecule has 0 saturated carbocycles. The average molecular weight is 523 g/mol. The van der Waals surface area contributed by atoms with Gasteiger partial charge in [-0.3, -0.25) is 9.69 Å². The van der Waals surface area contributed by atoms with Gasteiger partial charge in [0.1, 0.15) is 11.7 Å². The summed E-state index contributed by atoms with van der Waals surface area (Å²) in [5.41, 5.74) is 2.41. The van der Waals surface area contributed by atoms with Crippen LogP contribution in [-0.2, 0) is 11.3 Å². The zero-order chi connectivity index (χ0) is 27.2. The monoisotopic (exact) mass is 522 g/mol. The number of likely N-dealkylation sites (N-methyl/N-ethyl adjacent to an activating group) is 1. The van der Waals surface area contributed by atoms with Crippen molar-refractivity contribution in [1.82, 2.24) is 24.3 Å². The highest BCUT2D eigenvalue weighted by Crippen LogP contribution is 2.32.